The number of nitrogens with zero attached hydrogens (tertiary/aromatic N) is 5. The number of aromatic nitrogens is 2. The number of hydrogen-bond acceptors (Lipinski definition) is 6. The van der Waals surface area contributed by atoms with Crippen molar-refractivity contribution in [3.8, 4) is 0 Å². The predicted molar refractivity (Wildman–Crippen MR) is 123 cm³/mol. The van der Waals surface area contributed by atoms with Gasteiger partial charge in [0, 0.05) is 29.8 Å². The highest BCUT2D eigenvalue weighted by atomic mass is 127. The zero-order chi connectivity index (χ0) is 21.8. The van der Waals surface area contributed by atoms with Gasteiger partial charge in [0.2, 0.25) is 0 Å². The van der Waals surface area contributed by atoms with E-state index < -0.39 is 14.9 Å². The third-order valence-electron chi connectivity index (χ3n) is 3.86. The fraction of sp³-hybridized carbons (Fsp3) is 0.176. The lowest BCUT2D eigenvalue weighted by Gasteiger charge is -2.15. The number of hydrogen-bond donors (Lipinski definition) is 0. The first-order valence-electron chi connectivity index (χ1n) is 7.98. The Kier molecular flexibility index (Phi) is 7.71. The van der Waals surface area contributed by atoms with Crippen molar-refractivity contribution in [2.24, 2.45) is 5.10 Å². The van der Waals surface area contributed by atoms with Gasteiger partial charge in [-0.25, -0.2) is 4.98 Å². The van der Waals surface area contributed by atoms with Crippen molar-refractivity contribution in [1.82, 2.24) is 13.8 Å². The molecule has 0 saturated heterocycles. The van der Waals surface area contributed by atoms with Crippen LogP contribution in [0.4, 0.5) is 5.69 Å². The second-order valence-corrected chi connectivity index (χ2v) is 8.48. The van der Waals surface area contributed by atoms with Crippen molar-refractivity contribution in [2.75, 3.05) is 12.0 Å². The quantitative estimate of drug-likeness (QED) is 0.146. The van der Waals surface area contributed by atoms with Crippen molar-refractivity contribution in [1.29, 1.82) is 0 Å². The molecule has 0 aliphatic heterocycles. The Balaban J connectivity index is 0.00000145. The van der Waals surface area contributed by atoms with E-state index in [1.807, 2.05) is 11.0 Å². The summed E-state index contributed by atoms with van der Waals surface area (Å²) in [6, 6.07) is 7.32. The van der Waals surface area contributed by atoms with Crippen LogP contribution in [0.15, 0.2) is 57.2 Å². The first-order valence-corrected chi connectivity index (χ1v) is 12.4. The molecule has 0 N–H and O–H groups in total. The first-order chi connectivity index (χ1) is 13.7. The number of non-ortho nitro benzene ring substituents is 1. The number of halogens is 2. The van der Waals surface area contributed by atoms with Gasteiger partial charge < -0.3 is 0 Å². The minimum atomic E-state index is -4.05. The number of rotatable bonds is 5. The number of pyridine rings is 1. The van der Waals surface area contributed by atoms with Gasteiger partial charge in [-0.3, -0.25) is 14.5 Å². The number of nitro benzene ring substituents is 1. The molecule has 0 bridgehead atoms. The van der Waals surface area contributed by atoms with E-state index in [0.29, 0.717) is 16.9 Å². The molecule has 0 spiro atoms. The molecule has 0 aliphatic rings. The van der Waals surface area contributed by atoms with Gasteiger partial charge in [0.25, 0.3) is 15.7 Å². The second-order valence-electron chi connectivity index (χ2n) is 5.65. The molecule has 0 atom stereocenters. The Morgan fingerprint density at radius 1 is 1.31 bits per heavy atom. The summed E-state index contributed by atoms with van der Waals surface area (Å²) in [6.07, 6.45) is 4.70. The van der Waals surface area contributed by atoms with Crippen LogP contribution in [0.25, 0.3) is 5.65 Å². The van der Waals surface area contributed by atoms with Crippen LogP contribution in [0.1, 0.15) is 11.3 Å². The number of nitro groups is 1. The zero-order valence-electron chi connectivity index (χ0n) is 15.7. The summed E-state index contributed by atoms with van der Waals surface area (Å²) in [5, 5.41) is 14.9. The summed E-state index contributed by atoms with van der Waals surface area (Å²) in [5.74, 6) is 0. The number of hydrazone groups is 1. The third-order valence-corrected chi connectivity index (χ3v) is 6.11. The van der Waals surface area contributed by atoms with Crippen molar-refractivity contribution in [2.45, 2.75) is 11.8 Å². The summed E-state index contributed by atoms with van der Waals surface area (Å²) in [5.41, 5.74) is 1.34. The van der Waals surface area contributed by atoms with Crippen molar-refractivity contribution < 1.29 is 13.3 Å². The smallest absolute Gasteiger partial charge is 0.279 e. The molecular weight excluding hydrogens is 577 g/mol. The number of aryl methyl sites for hydroxylation is 1. The Morgan fingerprint density at radius 3 is 2.66 bits per heavy atom. The second kappa shape index (κ2) is 9.63. The molecule has 1 aromatic carbocycles. The lowest BCUT2D eigenvalue weighted by Crippen LogP contribution is -2.23. The van der Waals surface area contributed by atoms with E-state index in [2.05, 4.69) is 48.6 Å². The van der Waals surface area contributed by atoms with E-state index in [0.717, 1.165) is 15.0 Å². The summed E-state index contributed by atoms with van der Waals surface area (Å²) >= 11 is 5.52. The molecule has 0 radical (unpaired) electrons. The SMILES string of the molecule is CI.Cc1ccc([N+](=O)[O-])cc1S(=O)(=O)N(C)/N=C/c1cnc2ccc(Br)cn12. The summed E-state index contributed by atoms with van der Waals surface area (Å²) < 4.78 is 28.9. The molecule has 0 saturated carbocycles. The maximum absolute atomic E-state index is 12.8. The Morgan fingerprint density at radius 2 is 2.00 bits per heavy atom. The Hall–Kier alpha value is -2.06. The minimum Gasteiger partial charge on any atom is -0.298 e. The number of imidazole rings is 1. The number of alkyl halides is 1. The molecule has 0 fully saturated rings. The molecule has 3 rings (SSSR count). The molecule has 3 aromatic rings. The van der Waals surface area contributed by atoms with Crippen LogP contribution in [0.2, 0.25) is 0 Å². The van der Waals surface area contributed by atoms with E-state index in [9.17, 15) is 18.5 Å². The fourth-order valence-electron chi connectivity index (χ4n) is 2.39. The minimum absolute atomic E-state index is 0.169. The van der Waals surface area contributed by atoms with Crippen LogP contribution in [0.5, 0.6) is 0 Å². The largest absolute Gasteiger partial charge is 0.298 e. The van der Waals surface area contributed by atoms with Crippen LogP contribution in [-0.4, -0.2) is 45.3 Å². The maximum Gasteiger partial charge on any atom is 0.279 e. The van der Waals surface area contributed by atoms with Crippen LogP contribution in [0, 0.1) is 17.0 Å². The highest BCUT2D eigenvalue weighted by Crippen LogP contribution is 2.24. The average Bonchev–Trinajstić information content (AvgIpc) is 3.09. The van der Waals surface area contributed by atoms with Gasteiger partial charge in [-0.15, -0.1) is 0 Å². The van der Waals surface area contributed by atoms with Crippen LogP contribution >= 0.6 is 38.5 Å². The molecule has 154 valence electrons. The van der Waals surface area contributed by atoms with Gasteiger partial charge in [0.15, 0.2) is 0 Å². The third kappa shape index (κ3) is 5.11. The van der Waals surface area contributed by atoms with E-state index in [4.69, 9.17) is 0 Å². The molecule has 0 unspecified atom stereocenters. The van der Waals surface area contributed by atoms with Crippen molar-refractivity contribution in [3.63, 3.8) is 0 Å². The topological polar surface area (TPSA) is 110 Å². The molecule has 0 aliphatic carbocycles. The van der Waals surface area contributed by atoms with Gasteiger partial charge >= 0.3 is 0 Å². The van der Waals surface area contributed by atoms with E-state index in [-0.39, 0.29) is 10.6 Å². The van der Waals surface area contributed by atoms with E-state index >= 15 is 0 Å². The van der Waals surface area contributed by atoms with E-state index in [1.54, 1.807) is 29.8 Å². The number of benzene rings is 1. The number of sulfonamides is 1. The van der Waals surface area contributed by atoms with Crippen LogP contribution < -0.4 is 0 Å². The lowest BCUT2D eigenvalue weighted by atomic mass is 10.2. The molecule has 2 aromatic heterocycles. The van der Waals surface area contributed by atoms with Crippen LogP contribution in [-0.2, 0) is 10.0 Å². The fourth-order valence-corrected chi connectivity index (χ4v) is 3.93. The maximum atomic E-state index is 12.8. The van der Waals surface area contributed by atoms with Gasteiger partial charge in [-0.2, -0.15) is 17.9 Å². The highest BCUT2D eigenvalue weighted by molar-refractivity contribution is 14.1. The van der Waals surface area contributed by atoms with Gasteiger partial charge in [0.1, 0.15) is 5.65 Å². The highest BCUT2D eigenvalue weighted by Gasteiger charge is 2.24. The summed E-state index contributed by atoms with van der Waals surface area (Å²) in [6.45, 7) is 1.57. The number of fused-ring (bicyclic) bond motifs is 1. The predicted octanol–water partition coefficient (Wildman–Crippen LogP) is 4.02. The molecular formula is C17H17BrIN5O4S. The monoisotopic (exact) mass is 593 g/mol. The molecule has 2 heterocycles. The molecule has 29 heavy (non-hydrogen) atoms. The zero-order valence-corrected chi connectivity index (χ0v) is 20.2. The lowest BCUT2D eigenvalue weighted by molar-refractivity contribution is -0.385. The average molecular weight is 594 g/mol. The molecule has 12 heteroatoms. The molecule has 0 amide bonds. The molecule has 9 nitrogen and oxygen atoms in total. The standard InChI is InChI=1S/C16H14BrN5O4S.CH3I/c1-11-3-5-13(22(23)24)7-15(11)27(25,26)20(2)19-9-14-8-18-16-6-4-12(17)10-21(14)16;1-2/h3-10H,1-2H3;1H3/b19-9+;. The van der Waals surface area contributed by atoms with Crippen molar-refractivity contribution >= 4 is 66.1 Å². The Bertz CT molecular complexity index is 1180. The van der Waals surface area contributed by atoms with Gasteiger partial charge in [-0.1, -0.05) is 28.7 Å². The van der Waals surface area contributed by atoms with Gasteiger partial charge in [-0.05, 0) is 45.5 Å². The van der Waals surface area contributed by atoms with E-state index in [1.165, 1.54) is 25.4 Å². The van der Waals surface area contributed by atoms with Gasteiger partial charge in [0.05, 0.1) is 27.9 Å². The van der Waals surface area contributed by atoms with Crippen LogP contribution in [0.3, 0.4) is 0 Å². The first kappa shape index (κ1) is 23.2. The Labute approximate surface area is 189 Å². The summed E-state index contributed by atoms with van der Waals surface area (Å²) in [7, 11) is -2.78. The summed E-state index contributed by atoms with van der Waals surface area (Å²) in [4.78, 5) is 16.3. The normalized spacial score (nSPS) is 11.3. The van der Waals surface area contributed by atoms with Crippen molar-refractivity contribution in [3.05, 3.63) is 68.6 Å².